The lowest BCUT2D eigenvalue weighted by atomic mass is 9.88. The van der Waals surface area contributed by atoms with Crippen molar-refractivity contribution in [1.82, 2.24) is 14.8 Å². The molecular formula is C29H29N3O2. The van der Waals surface area contributed by atoms with Gasteiger partial charge in [0.1, 0.15) is 0 Å². The largest absolute Gasteiger partial charge is 0.360 e. The quantitative estimate of drug-likeness (QED) is 0.414. The van der Waals surface area contributed by atoms with Gasteiger partial charge < -0.3 is 9.88 Å². The Kier molecular flexibility index (Phi) is 6.54. The third-order valence-corrected chi connectivity index (χ3v) is 6.76. The van der Waals surface area contributed by atoms with Crippen LogP contribution in [-0.4, -0.2) is 59.2 Å². The summed E-state index contributed by atoms with van der Waals surface area (Å²) in [6.45, 7) is 3.09. The van der Waals surface area contributed by atoms with Crippen LogP contribution in [0.5, 0.6) is 0 Å². The molecule has 5 heteroatoms. The fourth-order valence-electron chi connectivity index (χ4n) is 4.85. The Bertz CT molecular complexity index is 1220. The Labute approximate surface area is 200 Å². The zero-order chi connectivity index (χ0) is 23.3. The van der Waals surface area contributed by atoms with Crippen molar-refractivity contribution in [3.05, 3.63) is 108 Å². The number of carbonyl (C=O) groups is 2. The molecule has 0 spiro atoms. The number of benzene rings is 3. The summed E-state index contributed by atoms with van der Waals surface area (Å²) in [7, 11) is 0. The second-order valence-corrected chi connectivity index (χ2v) is 8.91. The number of H-pyrrole nitrogens is 1. The summed E-state index contributed by atoms with van der Waals surface area (Å²) in [4.78, 5) is 33.5. The molecule has 172 valence electrons. The molecule has 3 aromatic carbocycles. The highest BCUT2D eigenvalue weighted by Crippen LogP contribution is 2.29. The van der Waals surface area contributed by atoms with Crippen molar-refractivity contribution in [2.75, 3.05) is 32.7 Å². The summed E-state index contributed by atoms with van der Waals surface area (Å²) < 4.78 is 0. The van der Waals surface area contributed by atoms with Gasteiger partial charge in [0.25, 0.3) is 0 Å². The van der Waals surface area contributed by atoms with Crippen molar-refractivity contribution in [2.24, 2.45) is 0 Å². The molecule has 1 aliphatic rings. The molecule has 4 aromatic rings. The van der Waals surface area contributed by atoms with Gasteiger partial charge in [0.2, 0.25) is 5.91 Å². The summed E-state index contributed by atoms with van der Waals surface area (Å²) >= 11 is 0. The first-order chi connectivity index (χ1) is 16.7. The monoisotopic (exact) mass is 451 g/mol. The highest BCUT2D eigenvalue weighted by molar-refractivity contribution is 6.08. The number of amides is 1. The first-order valence-corrected chi connectivity index (χ1v) is 11.9. The second kappa shape index (κ2) is 10.1. The number of nitrogens with one attached hydrogen (secondary N) is 1. The van der Waals surface area contributed by atoms with Crippen molar-refractivity contribution in [1.29, 1.82) is 0 Å². The lowest BCUT2D eigenvalue weighted by molar-refractivity contribution is -0.133. The van der Waals surface area contributed by atoms with E-state index in [4.69, 9.17) is 0 Å². The molecular weight excluding hydrogens is 422 g/mol. The van der Waals surface area contributed by atoms with Gasteiger partial charge in [-0.3, -0.25) is 14.5 Å². The maximum atomic E-state index is 13.3. The number of carbonyl (C=O) groups excluding carboxylic acids is 2. The van der Waals surface area contributed by atoms with Gasteiger partial charge in [-0.05, 0) is 17.2 Å². The van der Waals surface area contributed by atoms with Gasteiger partial charge in [-0.2, -0.15) is 0 Å². The summed E-state index contributed by atoms with van der Waals surface area (Å²) in [6.07, 6.45) is 2.25. The molecule has 1 N–H and O–H groups in total. The summed E-state index contributed by atoms with van der Waals surface area (Å²) in [5.41, 5.74) is 4.03. The lowest BCUT2D eigenvalue weighted by Crippen LogP contribution is -2.50. The van der Waals surface area contributed by atoms with Crippen molar-refractivity contribution in [2.45, 2.75) is 12.3 Å². The SMILES string of the molecule is O=C(CN1CCN(C(=O)CC(c2ccccc2)c2ccccc2)CC1)c1c[nH]c2ccccc12. The van der Waals surface area contributed by atoms with Crippen LogP contribution in [0.15, 0.2) is 91.1 Å². The molecule has 5 nitrogen and oxygen atoms in total. The molecule has 0 bridgehead atoms. The Morgan fingerprint density at radius 1 is 0.765 bits per heavy atom. The number of hydrogen-bond donors (Lipinski definition) is 1. The number of aromatic nitrogens is 1. The van der Waals surface area contributed by atoms with Crippen LogP contribution < -0.4 is 0 Å². The highest BCUT2D eigenvalue weighted by atomic mass is 16.2. The third-order valence-electron chi connectivity index (χ3n) is 6.76. The molecule has 5 rings (SSSR count). The molecule has 1 aliphatic heterocycles. The number of nitrogens with zero attached hydrogens (tertiary/aromatic N) is 2. The first-order valence-electron chi connectivity index (χ1n) is 11.9. The molecule has 1 saturated heterocycles. The maximum absolute atomic E-state index is 13.3. The van der Waals surface area contributed by atoms with Crippen LogP contribution >= 0.6 is 0 Å². The topological polar surface area (TPSA) is 56.4 Å². The van der Waals surface area contributed by atoms with Crippen LogP contribution in [0.3, 0.4) is 0 Å². The van der Waals surface area contributed by atoms with E-state index < -0.39 is 0 Å². The maximum Gasteiger partial charge on any atom is 0.223 e. The van der Waals surface area contributed by atoms with Crippen LogP contribution in [0, 0.1) is 0 Å². The van der Waals surface area contributed by atoms with Gasteiger partial charge in [0, 0.05) is 61.2 Å². The Balaban J connectivity index is 1.20. The number of aromatic amines is 1. The van der Waals surface area contributed by atoms with E-state index in [2.05, 4.69) is 34.1 Å². The van der Waals surface area contributed by atoms with Crippen molar-refractivity contribution in [3.63, 3.8) is 0 Å². The van der Waals surface area contributed by atoms with Gasteiger partial charge >= 0.3 is 0 Å². The van der Waals surface area contributed by atoms with Gasteiger partial charge in [-0.25, -0.2) is 0 Å². The van der Waals surface area contributed by atoms with E-state index in [-0.39, 0.29) is 17.6 Å². The van der Waals surface area contributed by atoms with Crippen LogP contribution in [0.4, 0.5) is 0 Å². The van der Waals surface area contributed by atoms with Crippen molar-refractivity contribution >= 4 is 22.6 Å². The fourth-order valence-corrected chi connectivity index (χ4v) is 4.85. The van der Waals surface area contributed by atoms with Crippen LogP contribution in [0.25, 0.3) is 10.9 Å². The summed E-state index contributed by atoms with van der Waals surface area (Å²) in [5.74, 6) is 0.321. The van der Waals surface area contributed by atoms with Gasteiger partial charge in [-0.1, -0.05) is 78.9 Å². The zero-order valence-corrected chi connectivity index (χ0v) is 19.2. The Hall–Kier alpha value is -3.70. The molecule has 2 heterocycles. The van der Waals surface area contributed by atoms with E-state index in [0.717, 1.165) is 27.6 Å². The smallest absolute Gasteiger partial charge is 0.223 e. The Morgan fingerprint density at radius 3 is 2.00 bits per heavy atom. The van der Waals surface area contributed by atoms with Crippen molar-refractivity contribution < 1.29 is 9.59 Å². The van der Waals surface area contributed by atoms with E-state index in [0.29, 0.717) is 39.1 Å². The number of hydrogen-bond acceptors (Lipinski definition) is 3. The average Bonchev–Trinajstić information content (AvgIpc) is 3.33. The minimum atomic E-state index is 0.0383. The molecule has 34 heavy (non-hydrogen) atoms. The van der Waals surface area contributed by atoms with Crippen molar-refractivity contribution in [3.8, 4) is 0 Å². The number of para-hydroxylation sites is 1. The molecule has 0 unspecified atom stereocenters. The van der Waals surface area contributed by atoms with E-state index >= 15 is 0 Å². The summed E-state index contributed by atoms with van der Waals surface area (Å²) in [6, 6.07) is 28.4. The lowest BCUT2D eigenvalue weighted by Gasteiger charge is -2.35. The minimum Gasteiger partial charge on any atom is -0.360 e. The number of fused-ring (bicyclic) bond motifs is 1. The average molecular weight is 452 g/mol. The number of piperazine rings is 1. The molecule has 1 fully saturated rings. The first kappa shape index (κ1) is 22.1. The van der Waals surface area contributed by atoms with Crippen LogP contribution in [-0.2, 0) is 4.79 Å². The van der Waals surface area contributed by atoms with E-state index in [1.165, 1.54) is 0 Å². The predicted molar refractivity (Wildman–Crippen MR) is 135 cm³/mol. The van der Waals surface area contributed by atoms with Gasteiger partial charge in [0.15, 0.2) is 5.78 Å². The zero-order valence-electron chi connectivity index (χ0n) is 19.2. The Morgan fingerprint density at radius 2 is 1.35 bits per heavy atom. The van der Waals surface area contributed by atoms with Gasteiger partial charge in [-0.15, -0.1) is 0 Å². The molecule has 0 aliphatic carbocycles. The molecule has 0 radical (unpaired) electrons. The normalized spacial score (nSPS) is 14.6. The minimum absolute atomic E-state index is 0.0383. The highest BCUT2D eigenvalue weighted by Gasteiger charge is 2.26. The number of rotatable bonds is 7. The van der Waals surface area contributed by atoms with Crippen LogP contribution in [0.2, 0.25) is 0 Å². The van der Waals surface area contributed by atoms with E-state index in [1.54, 1.807) is 6.20 Å². The van der Waals surface area contributed by atoms with Gasteiger partial charge in [0.05, 0.1) is 6.54 Å². The van der Waals surface area contributed by atoms with E-state index in [9.17, 15) is 9.59 Å². The van der Waals surface area contributed by atoms with Crippen LogP contribution in [0.1, 0.15) is 33.8 Å². The fraction of sp³-hybridized carbons (Fsp3) is 0.241. The summed E-state index contributed by atoms with van der Waals surface area (Å²) in [5, 5.41) is 0.967. The molecule has 0 saturated carbocycles. The molecule has 1 amide bonds. The standard InChI is InChI=1S/C29H29N3O2/c33-28(26-20-30-27-14-8-7-13-24(26)27)21-31-15-17-32(18-16-31)29(34)19-25(22-9-3-1-4-10-22)23-11-5-2-6-12-23/h1-14,20,25,30H,15-19,21H2. The second-order valence-electron chi connectivity index (χ2n) is 8.91. The predicted octanol–water partition coefficient (Wildman–Crippen LogP) is 4.72. The molecule has 1 aromatic heterocycles. The number of ketones is 1. The third kappa shape index (κ3) is 4.80. The number of Topliss-reactive ketones (excluding diaryl/α,β-unsaturated/α-hetero) is 1. The van der Waals surface area contributed by atoms with E-state index in [1.807, 2.05) is 65.6 Å². The molecule has 0 atom stereocenters.